The van der Waals surface area contributed by atoms with Crippen LogP contribution in [0.3, 0.4) is 0 Å². The lowest BCUT2D eigenvalue weighted by Crippen LogP contribution is -2.55. The second-order valence-electron chi connectivity index (χ2n) is 6.54. The van der Waals surface area contributed by atoms with E-state index in [9.17, 15) is 9.18 Å². The van der Waals surface area contributed by atoms with Crippen molar-refractivity contribution in [2.75, 3.05) is 31.1 Å². The summed E-state index contributed by atoms with van der Waals surface area (Å²) in [5.41, 5.74) is 1.07. The van der Waals surface area contributed by atoms with E-state index in [-0.39, 0.29) is 23.8 Å². The van der Waals surface area contributed by atoms with E-state index < -0.39 is 0 Å². The number of nitrogens with one attached hydrogen (secondary N) is 1. The molecular weight excluding hydrogens is 281 g/mol. The van der Waals surface area contributed by atoms with Gasteiger partial charge in [-0.3, -0.25) is 4.79 Å². The van der Waals surface area contributed by atoms with E-state index in [1.165, 1.54) is 6.07 Å². The molecule has 2 aliphatic rings. The summed E-state index contributed by atoms with van der Waals surface area (Å²) in [5.74, 6) is -0.365. The molecule has 1 aromatic rings. The molecule has 2 fully saturated rings. The number of piperazine rings is 1. The van der Waals surface area contributed by atoms with Gasteiger partial charge >= 0.3 is 0 Å². The van der Waals surface area contributed by atoms with Crippen LogP contribution in [0.1, 0.15) is 37.0 Å². The van der Waals surface area contributed by atoms with Gasteiger partial charge in [0.2, 0.25) is 0 Å². The highest BCUT2D eigenvalue weighted by molar-refractivity contribution is 5.94. The average molecular weight is 305 g/mol. The van der Waals surface area contributed by atoms with Crippen LogP contribution in [-0.4, -0.2) is 49.1 Å². The number of halogens is 1. The van der Waals surface area contributed by atoms with E-state index in [1.54, 1.807) is 12.1 Å². The summed E-state index contributed by atoms with van der Waals surface area (Å²) in [6, 6.07) is 5.44. The third-order valence-electron chi connectivity index (χ3n) is 4.49. The average Bonchev–Trinajstić information content (AvgIpc) is 2.99. The van der Waals surface area contributed by atoms with E-state index in [4.69, 9.17) is 0 Å². The van der Waals surface area contributed by atoms with Gasteiger partial charge in [-0.1, -0.05) is 0 Å². The van der Waals surface area contributed by atoms with Crippen molar-refractivity contribution in [2.45, 2.75) is 38.8 Å². The first kappa shape index (κ1) is 15.3. The SMILES string of the molecule is CC1CN(C(=O)c2ccc(N3CCCC3)c(F)c2)CC(C)N1. The molecule has 0 radical (unpaired) electrons. The number of hydrogen-bond acceptors (Lipinski definition) is 3. The second kappa shape index (κ2) is 6.24. The van der Waals surface area contributed by atoms with Crippen molar-refractivity contribution in [3.63, 3.8) is 0 Å². The van der Waals surface area contributed by atoms with Gasteiger partial charge in [0.1, 0.15) is 5.82 Å². The summed E-state index contributed by atoms with van der Waals surface area (Å²) in [6.45, 7) is 7.26. The molecule has 1 N–H and O–H groups in total. The molecule has 120 valence electrons. The highest BCUT2D eigenvalue weighted by atomic mass is 19.1. The second-order valence-corrected chi connectivity index (χ2v) is 6.54. The van der Waals surface area contributed by atoms with E-state index in [0.717, 1.165) is 25.9 Å². The molecule has 5 heteroatoms. The van der Waals surface area contributed by atoms with Gasteiger partial charge in [0.15, 0.2) is 0 Å². The molecule has 3 rings (SSSR count). The normalized spacial score (nSPS) is 25.6. The largest absolute Gasteiger partial charge is 0.369 e. The molecular formula is C17H24FN3O. The van der Waals surface area contributed by atoms with Crippen LogP contribution in [0, 0.1) is 5.82 Å². The first-order chi connectivity index (χ1) is 10.5. The molecule has 0 saturated carbocycles. The summed E-state index contributed by atoms with van der Waals surface area (Å²) in [6.07, 6.45) is 2.22. The van der Waals surface area contributed by atoms with Crippen LogP contribution in [0.15, 0.2) is 18.2 Å². The molecule has 22 heavy (non-hydrogen) atoms. The maximum atomic E-state index is 14.4. The van der Waals surface area contributed by atoms with Crippen LogP contribution in [0.25, 0.3) is 0 Å². The number of benzene rings is 1. The first-order valence-corrected chi connectivity index (χ1v) is 8.14. The number of nitrogens with zero attached hydrogens (tertiary/aromatic N) is 2. The van der Waals surface area contributed by atoms with Crippen LogP contribution in [0.5, 0.6) is 0 Å². The Morgan fingerprint density at radius 1 is 1.18 bits per heavy atom. The van der Waals surface area contributed by atoms with Gasteiger partial charge in [-0.25, -0.2) is 4.39 Å². The summed E-state index contributed by atoms with van der Waals surface area (Å²) >= 11 is 0. The zero-order chi connectivity index (χ0) is 15.7. The van der Waals surface area contributed by atoms with Crippen LogP contribution in [-0.2, 0) is 0 Å². The lowest BCUT2D eigenvalue weighted by molar-refractivity contribution is 0.0673. The molecule has 4 nitrogen and oxygen atoms in total. The monoisotopic (exact) mass is 305 g/mol. The molecule has 0 spiro atoms. The number of carbonyl (C=O) groups excluding carboxylic acids is 1. The molecule has 2 heterocycles. The van der Waals surface area contributed by atoms with E-state index in [2.05, 4.69) is 24.1 Å². The number of anilines is 1. The number of carbonyl (C=O) groups is 1. The first-order valence-electron chi connectivity index (χ1n) is 8.14. The number of rotatable bonds is 2. The Kier molecular flexibility index (Phi) is 4.34. The fourth-order valence-electron chi connectivity index (χ4n) is 3.53. The van der Waals surface area contributed by atoms with Gasteiger partial charge in [0.05, 0.1) is 5.69 Å². The van der Waals surface area contributed by atoms with E-state index >= 15 is 0 Å². The van der Waals surface area contributed by atoms with Crippen molar-refractivity contribution in [3.8, 4) is 0 Å². The van der Waals surface area contributed by atoms with Crippen molar-refractivity contribution in [3.05, 3.63) is 29.6 Å². The fraction of sp³-hybridized carbons (Fsp3) is 0.588. The Hall–Kier alpha value is -1.62. The molecule has 0 bridgehead atoms. The van der Waals surface area contributed by atoms with E-state index in [1.807, 2.05) is 4.90 Å². The van der Waals surface area contributed by atoms with Crippen molar-refractivity contribution in [1.29, 1.82) is 0 Å². The maximum Gasteiger partial charge on any atom is 0.254 e. The predicted octanol–water partition coefficient (Wildman–Crippen LogP) is 2.25. The minimum Gasteiger partial charge on any atom is -0.369 e. The summed E-state index contributed by atoms with van der Waals surface area (Å²) in [4.78, 5) is 16.5. The van der Waals surface area contributed by atoms with Crippen molar-refractivity contribution >= 4 is 11.6 Å². The Labute approximate surface area is 131 Å². The quantitative estimate of drug-likeness (QED) is 0.910. The smallest absolute Gasteiger partial charge is 0.254 e. The van der Waals surface area contributed by atoms with Crippen LogP contribution < -0.4 is 10.2 Å². The molecule has 2 unspecified atom stereocenters. The van der Waals surface area contributed by atoms with Crippen LogP contribution in [0.2, 0.25) is 0 Å². The summed E-state index contributed by atoms with van der Waals surface area (Å²) < 4.78 is 14.4. The Morgan fingerprint density at radius 2 is 1.82 bits per heavy atom. The third-order valence-corrected chi connectivity index (χ3v) is 4.49. The lowest BCUT2D eigenvalue weighted by Gasteiger charge is -2.36. The fourth-order valence-corrected chi connectivity index (χ4v) is 3.53. The van der Waals surface area contributed by atoms with Gasteiger partial charge in [-0.05, 0) is 44.9 Å². The molecule has 2 aliphatic heterocycles. The standard InChI is InChI=1S/C17H24FN3O/c1-12-10-21(11-13(2)19-12)17(22)14-5-6-16(15(18)9-14)20-7-3-4-8-20/h5-6,9,12-13,19H,3-4,7-8,10-11H2,1-2H3. The highest BCUT2D eigenvalue weighted by Gasteiger charge is 2.26. The summed E-state index contributed by atoms with van der Waals surface area (Å²) in [5, 5.41) is 3.40. The van der Waals surface area contributed by atoms with Gasteiger partial charge in [0, 0.05) is 43.8 Å². The van der Waals surface area contributed by atoms with Crippen LogP contribution >= 0.6 is 0 Å². The topological polar surface area (TPSA) is 35.6 Å². The van der Waals surface area contributed by atoms with Crippen molar-refractivity contribution < 1.29 is 9.18 Å². The number of hydrogen-bond donors (Lipinski definition) is 1. The van der Waals surface area contributed by atoms with Crippen molar-refractivity contribution in [2.24, 2.45) is 0 Å². The van der Waals surface area contributed by atoms with Gasteiger partial charge in [-0.2, -0.15) is 0 Å². The van der Waals surface area contributed by atoms with E-state index in [0.29, 0.717) is 24.3 Å². The zero-order valence-corrected chi connectivity index (χ0v) is 13.3. The molecule has 2 atom stereocenters. The molecule has 0 aromatic heterocycles. The van der Waals surface area contributed by atoms with Crippen LogP contribution in [0.4, 0.5) is 10.1 Å². The molecule has 1 amide bonds. The predicted molar refractivity (Wildman–Crippen MR) is 85.8 cm³/mol. The van der Waals surface area contributed by atoms with Gasteiger partial charge < -0.3 is 15.1 Å². The molecule has 0 aliphatic carbocycles. The zero-order valence-electron chi connectivity index (χ0n) is 13.3. The maximum absolute atomic E-state index is 14.4. The summed E-state index contributed by atoms with van der Waals surface area (Å²) in [7, 11) is 0. The minimum absolute atomic E-state index is 0.0768. The van der Waals surface area contributed by atoms with Gasteiger partial charge in [-0.15, -0.1) is 0 Å². The Bertz CT molecular complexity index is 547. The Balaban J connectivity index is 1.76. The minimum atomic E-state index is -0.288. The molecule has 1 aromatic carbocycles. The van der Waals surface area contributed by atoms with Crippen molar-refractivity contribution in [1.82, 2.24) is 10.2 Å². The number of amides is 1. The Morgan fingerprint density at radius 3 is 2.41 bits per heavy atom. The van der Waals surface area contributed by atoms with Gasteiger partial charge in [0.25, 0.3) is 5.91 Å². The lowest BCUT2D eigenvalue weighted by atomic mass is 10.1. The molecule has 2 saturated heterocycles. The third kappa shape index (κ3) is 3.09. The highest BCUT2D eigenvalue weighted by Crippen LogP contribution is 2.25.